The highest BCUT2D eigenvalue weighted by molar-refractivity contribution is 5.82. The van der Waals surface area contributed by atoms with Crippen LogP contribution in [0.5, 0.6) is 0 Å². The van der Waals surface area contributed by atoms with Gasteiger partial charge in [0, 0.05) is 13.1 Å². The molecule has 1 atom stereocenters. The van der Waals surface area contributed by atoms with Gasteiger partial charge < -0.3 is 30.3 Å². The summed E-state index contributed by atoms with van der Waals surface area (Å²) >= 11 is 0. The van der Waals surface area contributed by atoms with E-state index in [4.69, 9.17) is 20.1 Å². The Balaban J connectivity index is 2.34. The van der Waals surface area contributed by atoms with E-state index in [9.17, 15) is 9.59 Å². The third-order valence-corrected chi connectivity index (χ3v) is 2.95. The van der Waals surface area contributed by atoms with E-state index in [-0.39, 0.29) is 19.3 Å². The van der Waals surface area contributed by atoms with Gasteiger partial charge in [-0.3, -0.25) is 0 Å². The van der Waals surface area contributed by atoms with Gasteiger partial charge in [0.2, 0.25) is 0 Å². The van der Waals surface area contributed by atoms with Crippen molar-refractivity contribution in [1.82, 2.24) is 10.2 Å². The Kier molecular flexibility index (Phi) is 6.54. The molecule has 4 N–H and O–H groups in total. The largest absolute Gasteiger partial charge is 0.480 e. The van der Waals surface area contributed by atoms with E-state index in [2.05, 4.69) is 5.32 Å². The van der Waals surface area contributed by atoms with Crippen LogP contribution in [0.4, 0.5) is 4.79 Å². The Morgan fingerprint density at radius 3 is 2.42 bits per heavy atom. The summed E-state index contributed by atoms with van der Waals surface area (Å²) < 4.78 is 5.36. The van der Waals surface area contributed by atoms with Crippen LogP contribution in [0.3, 0.4) is 0 Å². The van der Waals surface area contributed by atoms with Crippen LogP contribution in [0.2, 0.25) is 0 Å². The number of rotatable bonds is 6. The molecule has 19 heavy (non-hydrogen) atoms. The van der Waals surface area contributed by atoms with Gasteiger partial charge in [0.25, 0.3) is 0 Å². The monoisotopic (exact) mass is 276 g/mol. The van der Waals surface area contributed by atoms with Crippen LogP contribution in [-0.4, -0.2) is 77.3 Å². The molecule has 1 aliphatic rings. The molecule has 0 aromatic carbocycles. The van der Waals surface area contributed by atoms with Crippen molar-refractivity contribution >= 4 is 12.0 Å². The van der Waals surface area contributed by atoms with Crippen LogP contribution in [0, 0.1) is 0 Å². The summed E-state index contributed by atoms with van der Waals surface area (Å²) in [7, 11) is 0. The molecule has 0 aliphatic carbocycles. The number of piperidine rings is 1. The molecule has 0 bridgehead atoms. The van der Waals surface area contributed by atoms with Crippen molar-refractivity contribution in [1.29, 1.82) is 0 Å². The first kappa shape index (κ1) is 15.7. The van der Waals surface area contributed by atoms with Gasteiger partial charge in [-0.15, -0.1) is 0 Å². The van der Waals surface area contributed by atoms with Gasteiger partial charge >= 0.3 is 12.0 Å². The Bertz CT molecular complexity index is 304. The van der Waals surface area contributed by atoms with Crippen LogP contribution in [-0.2, 0) is 9.53 Å². The highest BCUT2D eigenvalue weighted by Crippen LogP contribution is 2.13. The number of carbonyl (C=O) groups excluding carboxylic acids is 1. The van der Waals surface area contributed by atoms with Crippen molar-refractivity contribution in [2.45, 2.75) is 25.0 Å². The minimum Gasteiger partial charge on any atom is -0.480 e. The van der Waals surface area contributed by atoms with Crippen molar-refractivity contribution in [2.24, 2.45) is 0 Å². The fourth-order valence-corrected chi connectivity index (χ4v) is 1.87. The average Bonchev–Trinajstić information content (AvgIpc) is 2.42. The highest BCUT2D eigenvalue weighted by Gasteiger charge is 2.26. The summed E-state index contributed by atoms with van der Waals surface area (Å²) in [4.78, 5) is 23.9. The summed E-state index contributed by atoms with van der Waals surface area (Å²) in [5.74, 6) is -1.27. The van der Waals surface area contributed by atoms with Gasteiger partial charge in [-0.1, -0.05) is 0 Å². The molecule has 1 rings (SSSR count). The number of amides is 2. The van der Waals surface area contributed by atoms with Crippen LogP contribution in [0.1, 0.15) is 12.8 Å². The summed E-state index contributed by atoms with van der Waals surface area (Å²) in [6.45, 7) is 0.524. The van der Waals surface area contributed by atoms with Gasteiger partial charge in [-0.25, -0.2) is 9.59 Å². The van der Waals surface area contributed by atoms with Gasteiger partial charge in [-0.2, -0.15) is 0 Å². The van der Waals surface area contributed by atoms with Crippen LogP contribution in [0.25, 0.3) is 0 Å². The summed E-state index contributed by atoms with van der Waals surface area (Å²) in [6, 6.07) is -1.78. The number of ether oxygens (including phenoxy) is 1. The van der Waals surface area contributed by atoms with E-state index in [0.29, 0.717) is 25.9 Å². The predicted molar refractivity (Wildman–Crippen MR) is 64.7 cm³/mol. The molecule has 1 heterocycles. The lowest BCUT2D eigenvalue weighted by molar-refractivity contribution is -0.140. The quantitative estimate of drug-likeness (QED) is 0.474. The molecule has 1 fully saturated rings. The first-order valence-electron chi connectivity index (χ1n) is 6.20. The van der Waals surface area contributed by atoms with Crippen LogP contribution < -0.4 is 5.32 Å². The molecule has 0 unspecified atom stereocenters. The number of hydrogen-bond acceptors (Lipinski definition) is 5. The fraction of sp³-hybridized carbons (Fsp3) is 0.818. The third kappa shape index (κ3) is 5.01. The number of nitrogens with zero attached hydrogens (tertiary/aromatic N) is 1. The molecule has 0 spiro atoms. The molecule has 0 radical (unpaired) electrons. The third-order valence-electron chi connectivity index (χ3n) is 2.95. The molecular weight excluding hydrogens is 256 g/mol. The van der Waals surface area contributed by atoms with Crippen molar-refractivity contribution < 1.29 is 29.6 Å². The van der Waals surface area contributed by atoms with Gasteiger partial charge in [0.05, 0.1) is 25.9 Å². The Hall–Kier alpha value is -1.38. The number of aliphatic hydroxyl groups excluding tert-OH is 2. The number of hydrogen-bond donors (Lipinski definition) is 4. The summed E-state index contributed by atoms with van der Waals surface area (Å²) in [6.07, 6.45) is 1.30. The predicted octanol–water partition coefficient (Wildman–Crippen LogP) is -1.39. The zero-order valence-electron chi connectivity index (χ0n) is 10.6. The Morgan fingerprint density at radius 1 is 1.32 bits per heavy atom. The minimum atomic E-state index is -1.28. The van der Waals surface area contributed by atoms with Gasteiger partial charge in [0.1, 0.15) is 0 Å². The standard InChI is InChI=1S/C11H20N2O6/c14-5-6-19-8-1-3-13(4-2-8)11(18)12-9(7-15)10(16)17/h8-9,14-15H,1-7H2,(H,12,18)(H,16,17)/t9-/m0/s1. The van der Waals surface area contributed by atoms with E-state index < -0.39 is 24.6 Å². The van der Waals surface area contributed by atoms with Crippen LogP contribution in [0.15, 0.2) is 0 Å². The van der Waals surface area contributed by atoms with Crippen molar-refractivity contribution in [3.8, 4) is 0 Å². The fourth-order valence-electron chi connectivity index (χ4n) is 1.87. The molecule has 8 heteroatoms. The van der Waals surface area contributed by atoms with Crippen LogP contribution >= 0.6 is 0 Å². The zero-order valence-corrected chi connectivity index (χ0v) is 10.6. The maximum absolute atomic E-state index is 11.8. The minimum absolute atomic E-state index is 0.0179. The number of carboxylic acid groups (broad SMARTS) is 1. The van der Waals surface area contributed by atoms with E-state index >= 15 is 0 Å². The topological polar surface area (TPSA) is 119 Å². The molecule has 110 valence electrons. The first-order valence-corrected chi connectivity index (χ1v) is 6.20. The van der Waals surface area contributed by atoms with E-state index in [0.717, 1.165) is 0 Å². The number of carbonyl (C=O) groups is 2. The molecule has 1 saturated heterocycles. The smallest absolute Gasteiger partial charge is 0.328 e. The molecule has 2 amide bonds. The van der Waals surface area contributed by atoms with Gasteiger partial charge in [0.15, 0.2) is 6.04 Å². The number of nitrogens with one attached hydrogen (secondary N) is 1. The normalized spacial score (nSPS) is 18.1. The maximum Gasteiger partial charge on any atom is 0.328 e. The first-order chi connectivity index (χ1) is 9.08. The number of carboxylic acids is 1. The highest BCUT2D eigenvalue weighted by atomic mass is 16.5. The van der Waals surface area contributed by atoms with E-state index in [1.165, 1.54) is 4.90 Å². The molecule has 1 aliphatic heterocycles. The lowest BCUT2D eigenvalue weighted by Crippen LogP contribution is -2.52. The lowest BCUT2D eigenvalue weighted by atomic mass is 10.1. The Morgan fingerprint density at radius 2 is 1.95 bits per heavy atom. The summed E-state index contributed by atoms with van der Waals surface area (Å²) in [5, 5.41) is 28.4. The number of likely N-dealkylation sites (tertiary alicyclic amines) is 1. The van der Waals surface area contributed by atoms with E-state index in [1.54, 1.807) is 0 Å². The molecule has 0 aromatic heterocycles. The number of aliphatic hydroxyl groups is 2. The lowest BCUT2D eigenvalue weighted by Gasteiger charge is -2.32. The SMILES string of the molecule is O=C(O)[C@H](CO)NC(=O)N1CCC(OCCO)CC1. The second-order valence-corrected chi connectivity index (χ2v) is 4.30. The van der Waals surface area contributed by atoms with Crippen molar-refractivity contribution in [3.05, 3.63) is 0 Å². The molecular formula is C11H20N2O6. The number of aliphatic carboxylic acids is 1. The molecule has 0 saturated carbocycles. The number of urea groups is 1. The van der Waals surface area contributed by atoms with Crippen molar-refractivity contribution in [3.63, 3.8) is 0 Å². The van der Waals surface area contributed by atoms with E-state index in [1.807, 2.05) is 0 Å². The second-order valence-electron chi connectivity index (χ2n) is 4.30. The zero-order chi connectivity index (χ0) is 14.3. The van der Waals surface area contributed by atoms with Gasteiger partial charge in [-0.05, 0) is 12.8 Å². The average molecular weight is 276 g/mol. The molecule has 8 nitrogen and oxygen atoms in total. The molecule has 0 aromatic rings. The Labute approximate surface area is 111 Å². The van der Waals surface area contributed by atoms with Crippen molar-refractivity contribution in [2.75, 3.05) is 32.9 Å². The maximum atomic E-state index is 11.8. The second kappa shape index (κ2) is 7.93. The summed E-state index contributed by atoms with van der Waals surface area (Å²) in [5.41, 5.74) is 0.